The van der Waals surface area contributed by atoms with E-state index in [9.17, 15) is 0 Å². The number of hydrogen-bond acceptors (Lipinski definition) is 2. The molecule has 1 aliphatic rings. The van der Waals surface area contributed by atoms with Crippen LogP contribution in [-0.2, 0) is 6.54 Å². The molecular formula is C22H30N2. The van der Waals surface area contributed by atoms with Crippen LogP contribution in [0.25, 0.3) is 0 Å². The van der Waals surface area contributed by atoms with Crippen molar-refractivity contribution in [3.63, 3.8) is 0 Å². The summed E-state index contributed by atoms with van der Waals surface area (Å²) in [5.41, 5.74) is 5.43. The van der Waals surface area contributed by atoms with Gasteiger partial charge in [0.2, 0.25) is 0 Å². The molecule has 2 aromatic carbocycles. The molecule has 128 valence electrons. The van der Waals surface area contributed by atoms with E-state index in [0.29, 0.717) is 6.04 Å². The maximum Gasteiger partial charge on any atom is 0.0713 e. The van der Waals surface area contributed by atoms with E-state index in [4.69, 9.17) is 0 Å². The number of nitrogens with zero attached hydrogens (tertiary/aromatic N) is 2. The summed E-state index contributed by atoms with van der Waals surface area (Å²) in [4.78, 5) is 5.17. The molecule has 2 aromatic rings. The Kier molecular flexibility index (Phi) is 5.25. The lowest BCUT2D eigenvalue weighted by molar-refractivity contribution is 0.225. The topological polar surface area (TPSA) is 6.48 Å². The number of rotatable bonds is 5. The molecule has 2 nitrogen and oxygen atoms in total. The molecule has 0 aliphatic carbocycles. The van der Waals surface area contributed by atoms with Gasteiger partial charge in [0, 0.05) is 24.8 Å². The van der Waals surface area contributed by atoms with Gasteiger partial charge in [-0.05, 0) is 43.9 Å². The Bertz CT molecular complexity index is 643. The van der Waals surface area contributed by atoms with Gasteiger partial charge >= 0.3 is 0 Å². The molecule has 3 rings (SSSR count). The Morgan fingerprint density at radius 3 is 2.08 bits per heavy atom. The van der Waals surface area contributed by atoms with Crippen LogP contribution in [0, 0.1) is 19.8 Å². The van der Waals surface area contributed by atoms with Crippen LogP contribution in [0.4, 0.5) is 5.69 Å². The summed E-state index contributed by atoms with van der Waals surface area (Å²) in [5, 5.41) is 0. The first-order chi connectivity index (χ1) is 11.5. The van der Waals surface area contributed by atoms with Gasteiger partial charge in [0.05, 0.1) is 6.67 Å². The van der Waals surface area contributed by atoms with Gasteiger partial charge < -0.3 is 4.90 Å². The second-order valence-electron chi connectivity index (χ2n) is 7.72. The highest BCUT2D eigenvalue weighted by Gasteiger charge is 2.30. The van der Waals surface area contributed by atoms with Crippen LogP contribution >= 0.6 is 0 Å². The summed E-state index contributed by atoms with van der Waals surface area (Å²) in [7, 11) is 0. The monoisotopic (exact) mass is 322 g/mol. The molecule has 1 atom stereocenters. The quantitative estimate of drug-likeness (QED) is 0.764. The number of aryl methyl sites for hydroxylation is 2. The summed E-state index contributed by atoms with van der Waals surface area (Å²) >= 11 is 0. The second-order valence-corrected chi connectivity index (χ2v) is 7.72. The van der Waals surface area contributed by atoms with Crippen LogP contribution in [0.15, 0.2) is 48.5 Å². The summed E-state index contributed by atoms with van der Waals surface area (Å²) in [6, 6.07) is 18.6. The number of anilines is 1. The molecular weight excluding hydrogens is 292 g/mol. The molecule has 1 saturated heterocycles. The van der Waals surface area contributed by atoms with E-state index in [0.717, 1.165) is 25.7 Å². The summed E-state index contributed by atoms with van der Waals surface area (Å²) in [5.74, 6) is 0.730. The van der Waals surface area contributed by atoms with Crippen LogP contribution in [0.5, 0.6) is 0 Å². The minimum absolute atomic E-state index is 0.632. The van der Waals surface area contributed by atoms with Gasteiger partial charge in [-0.15, -0.1) is 0 Å². The molecule has 0 aromatic heterocycles. The minimum atomic E-state index is 0.632. The van der Waals surface area contributed by atoms with E-state index >= 15 is 0 Å². The molecule has 1 unspecified atom stereocenters. The number of benzene rings is 2. The van der Waals surface area contributed by atoms with Gasteiger partial charge in [0.1, 0.15) is 0 Å². The molecule has 1 heterocycles. The van der Waals surface area contributed by atoms with E-state index < -0.39 is 0 Å². The number of hydrogen-bond donors (Lipinski definition) is 0. The average Bonchev–Trinajstić information content (AvgIpc) is 2.92. The van der Waals surface area contributed by atoms with Crippen LogP contribution in [0.3, 0.4) is 0 Å². The van der Waals surface area contributed by atoms with E-state index in [-0.39, 0.29) is 0 Å². The Balaban J connectivity index is 1.74. The molecule has 0 bridgehead atoms. The SMILES string of the molecule is Cc1ccc(CN2CN(c3ccc(C)cc3)CC2CC(C)C)cc1. The van der Waals surface area contributed by atoms with Crippen LogP contribution < -0.4 is 4.90 Å². The second kappa shape index (κ2) is 7.40. The van der Waals surface area contributed by atoms with Crippen LogP contribution in [0.1, 0.15) is 37.0 Å². The zero-order valence-corrected chi connectivity index (χ0v) is 15.5. The summed E-state index contributed by atoms with van der Waals surface area (Å²) < 4.78 is 0. The first kappa shape index (κ1) is 17.0. The Morgan fingerprint density at radius 1 is 0.917 bits per heavy atom. The van der Waals surface area contributed by atoms with Crippen molar-refractivity contribution in [2.24, 2.45) is 5.92 Å². The fraction of sp³-hybridized carbons (Fsp3) is 0.455. The van der Waals surface area contributed by atoms with Crippen molar-refractivity contribution in [2.75, 3.05) is 18.1 Å². The fourth-order valence-corrected chi connectivity index (χ4v) is 3.58. The third-order valence-electron chi connectivity index (χ3n) is 4.95. The third kappa shape index (κ3) is 4.18. The van der Waals surface area contributed by atoms with Gasteiger partial charge in [-0.3, -0.25) is 4.90 Å². The summed E-state index contributed by atoms with van der Waals surface area (Å²) in [6.07, 6.45) is 1.26. The van der Waals surface area contributed by atoms with E-state index in [1.54, 1.807) is 0 Å². The first-order valence-electron chi connectivity index (χ1n) is 9.12. The highest BCUT2D eigenvalue weighted by Crippen LogP contribution is 2.27. The Morgan fingerprint density at radius 2 is 1.50 bits per heavy atom. The largest absolute Gasteiger partial charge is 0.357 e. The summed E-state index contributed by atoms with van der Waals surface area (Å²) in [6.45, 7) is 12.2. The highest BCUT2D eigenvalue weighted by atomic mass is 15.4. The smallest absolute Gasteiger partial charge is 0.0713 e. The minimum Gasteiger partial charge on any atom is -0.357 e. The zero-order valence-electron chi connectivity index (χ0n) is 15.5. The van der Waals surface area contributed by atoms with Gasteiger partial charge in [0.25, 0.3) is 0 Å². The molecule has 0 N–H and O–H groups in total. The van der Waals surface area contributed by atoms with Crippen molar-refractivity contribution in [3.05, 3.63) is 65.2 Å². The predicted molar refractivity (Wildman–Crippen MR) is 103 cm³/mol. The average molecular weight is 322 g/mol. The van der Waals surface area contributed by atoms with Gasteiger partial charge in [-0.2, -0.15) is 0 Å². The third-order valence-corrected chi connectivity index (χ3v) is 4.95. The van der Waals surface area contributed by atoms with Gasteiger partial charge in [0.15, 0.2) is 0 Å². The van der Waals surface area contributed by atoms with Crippen LogP contribution in [-0.4, -0.2) is 24.2 Å². The Labute approximate surface area is 147 Å². The highest BCUT2D eigenvalue weighted by molar-refractivity contribution is 5.48. The lowest BCUT2D eigenvalue weighted by Crippen LogP contribution is -2.31. The molecule has 0 amide bonds. The lowest BCUT2D eigenvalue weighted by Gasteiger charge is -2.24. The first-order valence-corrected chi connectivity index (χ1v) is 9.12. The van der Waals surface area contributed by atoms with Crippen molar-refractivity contribution in [1.29, 1.82) is 0 Å². The maximum absolute atomic E-state index is 2.64. The van der Waals surface area contributed by atoms with Crippen molar-refractivity contribution < 1.29 is 0 Å². The molecule has 1 aliphatic heterocycles. The van der Waals surface area contributed by atoms with Gasteiger partial charge in [-0.25, -0.2) is 0 Å². The van der Waals surface area contributed by atoms with Crippen molar-refractivity contribution >= 4 is 5.69 Å². The normalized spacial score (nSPS) is 18.5. The lowest BCUT2D eigenvalue weighted by atomic mass is 10.0. The molecule has 24 heavy (non-hydrogen) atoms. The molecule has 0 saturated carbocycles. The van der Waals surface area contributed by atoms with Gasteiger partial charge in [-0.1, -0.05) is 61.4 Å². The van der Waals surface area contributed by atoms with Crippen molar-refractivity contribution in [2.45, 2.75) is 46.7 Å². The molecule has 0 radical (unpaired) electrons. The van der Waals surface area contributed by atoms with Crippen molar-refractivity contribution in [1.82, 2.24) is 4.90 Å². The standard InChI is InChI=1S/C22H30N2/c1-17(2)13-22-15-24(21-11-7-19(4)8-12-21)16-23(22)14-20-9-5-18(3)6-10-20/h5-12,17,22H,13-16H2,1-4H3. The van der Waals surface area contributed by atoms with E-state index in [2.05, 4.69) is 86.0 Å². The Hall–Kier alpha value is -1.80. The molecule has 1 fully saturated rings. The zero-order chi connectivity index (χ0) is 17.1. The van der Waals surface area contributed by atoms with Crippen molar-refractivity contribution in [3.8, 4) is 0 Å². The predicted octanol–water partition coefficient (Wildman–Crippen LogP) is 5.00. The fourth-order valence-electron chi connectivity index (χ4n) is 3.58. The molecule has 2 heteroatoms. The van der Waals surface area contributed by atoms with Crippen LogP contribution in [0.2, 0.25) is 0 Å². The van der Waals surface area contributed by atoms with E-state index in [1.807, 2.05) is 0 Å². The molecule has 0 spiro atoms. The maximum atomic E-state index is 2.64. The van der Waals surface area contributed by atoms with E-state index in [1.165, 1.54) is 28.8 Å².